The first-order valence-corrected chi connectivity index (χ1v) is 10.2. The van der Waals surface area contributed by atoms with Crippen LogP contribution in [-0.2, 0) is 6.54 Å². The van der Waals surface area contributed by atoms with Gasteiger partial charge in [-0.1, -0.05) is 35.9 Å². The van der Waals surface area contributed by atoms with Gasteiger partial charge >= 0.3 is 0 Å². The Morgan fingerprint density at radius 1 is 1.00 bits per heavy atom. The van der Waals surface area contributed by atoms with E-state index in [1.807, 2.05) is 30.3 Å². The average molecular weight is 425 g/mol. The molecule has 0 fully saturated rings. The van der Waals surface area contributed by atoms with Crippen molar-refractivity contribution in [1.82, 2.24) is 20.4 Å². The summed E-state index contributed by atoms with van der Waals surface area (Å²) in [7, 11) is 0. The minimum Gasteiger partial charge on any atom is -0.324 e. The van der Waals surface area contributed by atoms with E-state index in [4.69, 9.17) is 16.6 Å². The van der Waals surface area contributed by atoms with E-state index in [0.717, 1.165) is 28.3 Å². The molecule has 0 aliphatic heterocycles. The van der Waals surface area contributed by atoms with Crippen molar-refractivity contribution in [3.63, 3.8) is 0 Å². The van der Waals surface area contributed by atoms with Crippen molar-refractivity contribution in [2.24, 2.45) is 0 Å². The number of para-hydroxylation sites is 2. The van der Waals surface area contributed by atoms with Crippen molar-refractivity contribution in [2.75, 3.05) is 0 Å². The fourth-order valence-electron chi connectivity index (χ4n) is 3.05. The monoisotopic (exact) mass is 424 g/mol. The Bertz CT molecular complexity index is 1210. The molecule has 2 heterocycles. The first-order chi connectivity index (χ1) is 14.1. The Kier molecular flexibility index (Phi) is 5.33. The summed E-state index contributed by atoms with van der Waals surface area (Å²) in [5.41, 5.74) is 7.08. The number of nitrogens with one attached hydrogen (secondary N) is 2. The van der Waals surface area contributed by atoms with Gasteiger partial charge < -0.3 is 4.57 Å². The number of carbonyl (C=O) groups is 2. The minimum atomic E-state index is -0.478. The molecule has 2 N–H and O–H groups in total. The molecule has 8 heteroatoms. The normalized spacial score (nSPS) is 10.8. The zero-order valence-electron chi connectivity index (χ0n) is 15.5. The highest BCUT2D eigenvalue weighted by Gasteiger charge is 2.17. The number of thiophene rings is 1. The minimum absolute atomic E-state index is 0.290. The molecule has 146 valence electrons. The van der Waals surface area contributed by atoms with Gasteiger partial charge in [-0.3, -0.25) is 20.4 Å². The number of hydrogen-bond acceptors (Lipinski definition) is 4. The van der Waals surface area contributed by atoms with Crippen molar-refractivity contribution in [1.29, 1.82) is 0 Å². The van der Waals surface area contributed by atoms with Gasteiger partial charge in [-0.25, -0.2) is 4.98 Å². The number of halogens is 1. The molecule has 0 saturated carbocycles. The number of aromatic nitrogens is 2. The van der Waals surface area contributed by atoms with Gasteiger partial charge in [-0.05, 0) is 43.3 Å². The van der Waals surface area contributed by atoms with Crippen molar-refractivity contribution in [3.8, 4) is 10.7 Å². The molecule has 0 aliphatic carbocycles. The van der Waals surface area contributed by atoms with E-state index in [1.165, 1.54) is 11.3 Å². The van der Waals surface area contributed by atoms with E-state index >= 15 is 0 Å². The summed E-state index contributed by atoms with van der Waals surface area (Å²) < 4.78 is 2.11. The lowest BCUT2D eigenvalue weighted by Crippen LogP contribution is -2.41. The molecule has 0 aliphatic rings. The van der Waals surface area contributed by atoms with Crippen LogP contribution in [0.1, 0.15) is 27.0 Å². The molecule has 0 unspecified atom stereocenters. The van der Waals surface area contributed by atoms with E-state index < -0.39 is 11.8 Å². The number of amides is 2. The average Bonchev–Trinajstić information content (AvgIpc) is 3.36. The van der Waals surface area contributed by atoms with Gasteiger partial charge in [0.2, 0.25) is 0 Å². The molecular weight excluding hydrogens is 408 g/mol. The number of rotatable bonds is 4. The smallest absolute Gasteiger partial charge is 0.279 e. The number of nitrogens with zero attached hydrogens (tertiary/aromatic N) is 2. The number of hydrazine groups is 1. The van der Waals surface area contributed by atoms with Gasteiger partial charge in [0.15, 0.2) is 5.82 Å². The number of fused-ring (bicyclic) bond motifs is 1. The number of imidazole rings is 1. The van der Waals surface area contributed by atoms with Crippen LogP contribution in [0.4, 0.5) is 0 Å². The zero-order chi connectivity index (χ0) is 20.4. The summed E-state index contributed by atoms with van der Waals surface area (Å²) >= 11 is 7.32. The van der Waals surface area contributed by atoms with Crippen molar-refractivity contribution in [3.05, 3.63) is 76.1 Å². The first kappa shape index (κ1) is 19.2. The molecule has 2 aromatic carbocycles. The molecule has 4 aromatic rings. The molecule has 29 heavy (non-hydrogen) atoms. The van der Waals surface area contributed by atoms with Crippen LogP contribution in [-0.4, -0.2) is 21.4 Å². The third-order valence-electron chi connectivity index (χ3n) is 4.43. The summed E-state index contributed by atoms with van der Waals surface area (Å²) in [6, 6.07) is 18.1. The number of benzene rings is 2. The Morgan fingerprint density at radius 3 is 2.52 bits per heavy atom. The van der Waals surface area contributed by atoms with Gasteiger partial charge in [0.1, 0.15) is 0 Å². The van der Waals surface area contributed by atoms with Crippen LogP contribution < -0.4 is 10.9 Å². The summed E-state index contributed by atoms with van der Waals surface area (Å²) in [5.74, 6) is -0.0628. The predicted octanol–water partition coefficient (Wildman–Crippen LogP) is 4.51. The molecule has 6 nitrogen and oxygen atoms in total. The lowest BCUT2D eigenvalue weighted by atomic mass is 10.2. The summed E-state index contributed by atoms with van der Waals surface area (Å²) in [5, 5.41) is 0.316. The van der Waals surface area contributed by atoms with Crippen molar-refractivity contribution >= 4 is 45.8 Å². The summed E-state index contributed by atoms with van der Waals surface area (Å²) in [6.07, 6.45) is 0. The maximum absolute atomic E-state index is 12.5. The topological polar surface area (TPSA) is 76.0 Å². The highest BCUT2D eigenvalue weighted by atomic mass is 35.5. The van der Waals surface area contributed by atoms with Gasteiger partial charge in [-0.2, -0.15) is 0 Å². The highest BCUT2D eigenvalue weighted by Crippen LogP contribution is 2.30. The van der Waals surface area contributed by atoms with E-state index in [0.29, 0.717) is 9.90 Å². The zero-order valence-corrected chi connectivity index (χ0v) is 17.1. The third-order valence-corrected chi connectivity index (χ3v) is 5.84. The van der Waals surface area contributed by atoms with Crippen LogP contribution in [0.2, 0.25) is 5.02 Å². The molecule has 0 atom stereocenters. The lowest BCUT2D eigenvalue weighted by molar-refractivity contribution is 0.0849. The standard InChI is InChI=1S/C21H17ClN4O2S/c1-2-26-16-10-6-5-9-15(16)23-19(26)17-11-12-18(29-17)21(28)25-24-20(27)13-7-3-4-8-14(13)22/h3-12H,2H2,1H3,(H,24,27)(H,25,28). The number of carbonyl (C=O) groups excluding carboxylic acids is 2. The Balaban J connectivity index is 1.51. The fourth-order valence-corrected chi connectivity index (χ4v) is 4.17. The molecule has 2 amide bonds. The highest BCUT2D eigenvalue weighted by molar-refractivity contribution is 7.17. The van der Waals surface area contributed by atoms with Crippen molar-refractivity contribution < 1.29 is 9.59 Å². The second kappa shape index (κ2) is 8.06. The van der Waals surface area contributed by atoms with E-state index in [1.54, 1.807) is 30.3 Å². The van der Waals surface area contributed by atoms with Crippen LogP contribution >= 0.6 is 22.9 Å². The second-order valence-electron chi connectivity index (χ2n) is 6.22. The fraction of sp³-hybridized carbons (Fsp3) is 0.0952. The second-order valence-corrected chi connectivity index (χ2v) is 7.71. The van der Waals surface area contributed by atoms with Crippen LogP contribution in [0.25, 0.3) is 21.7 Å². The van der Waals surface area contributed by atoms with Crippen LogP contribution in [0, 0.1) is 0 Å². The Labute approximate surface area is 176 Å². The lowest BCUT2D eigenvalue weighted by Gasteiger charge is -2.07. The molecular formula is C21H17ClN4O2S. The van der Waals surface area contributed by atoms with Gasteiger partial charge in [0, 0.05) is 6.54 Å². The molecule has 0 saturated heterocycles. The maximum atomic E-state index is 12.5. The third kappa shape index (κ3) is 3.74. The molecule has 0 spiro atoms. The number of hydrogen-bond donors (Lipinski definition) is 2. The molecule has 0 radical (unpaired) electrons. The summed E-state index contributed by atoms with van der Waals surface area (Å²) in [6.45, 7) is 2.83. The van der Waals surface area contributed by atoms with Crippen LogP contribution in [0.5, 0.6) is 0 Å². The van der Waals surface area contributed by atoms with E-state index in [-0.39, 0.29) is 5.56 Å². The molecule has 4 rings (SSSR count). The maximum Gasteiger partial charge on any atom is 0.279 e. The quantitative estimate of drug-likeness (QED) is 0.473. The molecule has 0 bridgehead atoms. The Morgan fingerprint density at radius 2 is 1.72 bits per heavy atom. The first-order valence-electron chi connectivity index (χ1n) is 8.99. The Hall–Kier alpha value is -3.16. The van der Waals surface area contributed by atoms with Gasteiger partial charge in [-0.15, -0.1) is 11.3 Å². The largest absolute Gasteiger partial charge is 0.324 e. The van der Waals surface area contributed by atoms with Crippen molar-refractivity contribution in [2.45, 2.75) is 13.5 Å². The van der Waals surface area contributed by atoms with E-state index in [2.05, 4.69) is 22.3 Å². The summed E-state index contributed by atoms with van der Waals surface area (Å²) in [4.78, 5) is 30.7. The number of aryl methyl sites for hydroxylation is 1. The van der Waals surface area contributed by atoms with E-state index in [9.17, 15) is 9.59 Å². The predicted molar refractivity (Wildman–Crippen MR) is 115 cm³/mol. The van der Waals surface area contributed by atoms with Crippen LogP contribution in [0.15, 0.2) is 60.7 Å². The van der Waals surface area contributed by atoms with Gasteiger partial charge in [0.25, 0.3) is 11.8 Å². The molecule has 2 aromatic heterocycles. The van der Waals surface area contributed by atoms with Crippen LogP contribution in [0.3, 0.4) is 0 Å². The SMILES string of the molecule is CCn1c(-c2ccc(C(=O)NNC(=O)c3ccccc3Cl)s2)nc2ccccc21. The van der Waals surface area contributed by atoms with Gasteiger partial charge in [0.05, 0.1) is 31.4 Å².